The molecule has 8 rings (SSSR count). The molecule has 6 heterocycles. The van der Waals surface area contributed by atoms with Crippen LogP contribution in [-0.4, -0.2) is 105 Å². The van der Waals surface area contributed by atoms with E-state index in [1.165, 1.54) is 45.8 Å². The van der Waals surface area contributed by atoms with Crippen LogP contribution in [0.25, 0.3) is 0 Å². The van der Waals surface area contributed by atoms with Crippen molar-refractivity contribution in [1.82, 2.24) is 20.7 Å². The van der Waals surface area contributed by atoms with Crippen molar-refractivity contribution >= 4 is 59.8 Å². The molecule has 0 spiro atoms. The number of benzene rings is 2. The van der Waals surface area contributed by atoms with Crippen LogP contribution in [0.1, 0.15) is 27.0 Å². The minimum absolute atomic E-state index is 0. The number of ether oxygens (including phenoxy) is 2. The van der Waals surface area contributed by atoms with Crippen LogP contribution < -0.4 is 30.3 Å². The van der Waals surface area contributed by atoms with Gasteiger partial charge in [0.05, 0.1) is 61.2 Å². The zero-order valence-corrected chi connectivity index (χ0v) is 28.7. The summed E-state index contributed by atoms with van der Waals surface area (Å²) < 4.78 is 49.4. The highest BCUT2D eigenvalue weighted by molar-refractivity contribution is 5.91. The first-order valence-electron chi connectivity index (χ1n) is 17.0. The van der Waals surface area contributed by atoms with E-state index in [1.54, 1.807) is 52.5 Å². The molecule has 2 fully saturated rings. The van der Waals surface area contributed by atoms with Crippen molar-refractivity contribution in [3.8, 4) is 0 Å². The summed E-state index contributed by atoms with van der Waals surface area (Å²) in [5.74, 6) is -0.364. The Balaban J connectivity index is 0.000000207. The molecule has 2 atom stereocenters. The molecular formula is C36H43F2N11O7. The maximum absolute atomic E-state index is 14.6. The lowest BCUT2D eigenvalue weighted by Gasteiger charge is -2.27. The van der Waals surface area contributed by atoms with Crippen molar-refractivity contribution in [2.24, 2.45) is 10.2 Å². The number of aromatic nitrogens is 2. The van der Waals surface area contributed by atoms with Crippen LogP contribution >= 0.6 is 0 Å². The van der Waals surface area contributed by atoms with E-state index < -0.39 is 29.9 Å². The van der Waals surface area contributed by atoms with E-state index >= 15 is 0 Å². The summed E-state index contributed by atoms with van der Waals surface area (Å²) in [6.45, 7) is 3.05. The van der Waals surface area contributed by atoms with Crippen LogP contribution in [-0.2, 0) is 20.7 Å². The summed E-state index contributed by atoms with van der Waals surface area (Å²) >= 11 is 0. The number of cyclic esters (lactones) is 2. The van der Waals surface area contributed by atoms with Crippen molar-refractivity contribution in [3.05, 3.63) is 78.4 Å². The molecule has 0 unspecified atom stereocenters. The summed E-state index contributed by atoms with van der Waals surface area (Å²) in [6, 6.07) is 12.7. The lowest BCUT2D eigenvalue weighted by molar-refractivity contribution is -0.118. The van der Waals surface area contributed by atoms with E-state index in [9.17, 15) is 23.2 Å². The number of aryl methyl sites for hydroxylation is 1. The Labute approximate surface area is 321 Å². The van der Waals surface area contributed by atoms with Crippen LogP contribution in [0, 0.1) is 11.6 Å². The van der Waals surface area contributed by atoms with Gasteiger partial charge in [0.2, 0.25) is 6.41 Å². The quantitative estimate of drug-likeness (QED) is 0.197. The second kappa shape index (κ2) is 18.5. The molecular weight excluding hydrogens is 736 g/mol. The molecule has 2 aromatic carbocycles. The van der Waals surface area contributed by atoms with E-state index in [2.05, 4.69) is 31.3 Å². The fourth-order valence-electron chi connectivity index (χ4n) is 6.01. The molecule has 0 saturated carbocycles. The summed E-state index contributed by atoms with van der Waals surface area (Å²) in [6.07, 6.45) is 6.10. The van der Waals surface area contributed by atoms with Crippen LogP contribution in [0.2, 0.25) is 0 Å². The number of nitrogens with one attached hydrogen (secondary N) is 2. The monoisotopic (exact) mass is 779 g/mol. The minimum Gasteiger partial charge on any atom is -0.444 e. The van der Waals surface area contributed by atoms with Crippen LogP contribution in [0.15, 0.2) is 80.3 Å². The van der Waals surface area contributed by atoms with E-state index in [0.717, 1.165) is 5.69 Å². The molecule has 4 aromatic rings. The van der Waals surface area contributed by atoms with Gasteiger partial charge < -0.3 is 39.1 Å². The lowest BCUT2D eigenvalue weighted by Crippen LogP contribution is -2.37. The zero-order valence-electron chi connectivity index (χ0n) is 28.7. The van der Waals surface area contributed by atoms with Crippen molar-refractivity contribution < 1.29 is 41.7 Å². The first-order valence-corrected chi connectivity index (χ1v) is 17.0. The maximum atomic E-state index is 14.6. The molecule has 20 heteroatoms. The highest BCUT2D eigenvalue weighted by atomic mass is 19.1. The number of amides is 3. The van der Waals surface area contributed by atoms with Gasteiger partial charge in [-0.05, 0) is 49.2 Å². The molecule has 0 bridgehead atoms. The first-order chi connectivity index (χ1) is 26.3. The minimum atomic E-state index is -0.541. The number of hydrazone groups is 2. The predicted octanol–water partition coefficient (Wildman–Crippen LogP) is 4.87. The van der Waals surface area contributed by atoms with Gasteiger partial charge in [0.15, 0.2) is 5.82 Å². The molecule has 4 aliphatic heterocycles. The van der Waals surface area contributed by atoms with Crippen molar-refractivity contribution in [2.75, 3.05) is 70.7 Å². The fraction of sp³-hybridized carbons (Fsp3) is 0.361. The number of nitrogens with zero attached hydrogens (tertiary/aromatic N) is 9. The number of carbonyl (C=O) groups excluding carboxylic acids is 3. The normalized spacial score (nSPS) is 18.6. The standard InChI is InChI=1S/C17H17FN6O4.C17H18FN5O3.2CH4/c18-14-7-12(1-2-15(14)22-4-5-23(11-25)20-10-22)24-9-13(28-17(24)26)8-19-16-3-6-27-21-16;18-15-9-13(2-4-16(15)22-7-6-19-20-11-22)23-10-14(26-17(23)24)3-1-12-5-8-25-21-12;;/h1-3,6-7,10-11,13H,4-5,8-9H2,(H,19,21);2,4-5,8-9,11,14,19H,1,3,6-7,10H2;2*1H4/t13-;14-;;/m00../s1. The number of hydrogen-bond acceptors (Lipinski definition) is 15. The average Bonchev–Trinajstić information content (AvgIpc) is 4.03. The summed E-state index contributed by atoms with van der Waals surface area (Å²) in [7, 11) is 0. The smallest absolute Gasteiger partial charge is 0.414 e. The largest absolute Gasteiger partial charge is 0.444 e. The molecule has 2 N–H and O–H groups in total. The van der Waals surface area contributed by atoms with Crippen LogP contribution in [0.5, 0.6) is 0 Å². The third-order valence-electron chi connectivity index (χ3n) is 8.80. The second-order valence-corrected chi connectivity index (χ2v) is 12.3. The third-order valence-corrected chi connectivity index (χ3v) is 8.80. The molecule has 298 valence electrons. The van der Waals surface area contributed by atoms with Gasteiger partial charge in [-0.15, -0.1) is 0 Å². The van der Waals surface area contributed by atoms with Gasteiger partial charge in [-0.3, -0.25) is 14.6 Å². The predicted molar refractivity (Wildman–Crippen MR) is 204 cm³/mol. The Hall–Kier alpha value is -6.73. The summed E-state index contributed by atoms with van der Waals surface area (Å²) in [5, 5.41) is 19.6. The molecule has 0 aliphatic carbocycles. The maximum Gasteiger partial charge on any atom is 0.414 e. The van der Waals surface area contributed by atoms with Gasteiger partial charge in [0.25, 0.3) is 0 Å². The summed E-state index contributed by atoms with van der Waals surface area (Å²) in [4.78, 5) is 41.2. The highest BCUT2D eigenvalue weighted by Gasteiger charge is 2.34. The van der Waals surface area contributed by atoms with E-state index in [-0.39, 0.29) is 27.5 Å². The van der Waals surface area contributed by atoms with Gasteiger partial charge in [-0.25, -0.2) is 23.4 Å². The van der Waals surface area contributed by atoms with Crippen molar-refractivity contribution in [1.29, 1.82) is 0 Å². The molecule has 2 saturated heterocycles. The van der Waals surface area contributed by atoms with E-state index in [1.807, 2.05) is 0 Å². The lowest BCUT2D eigenvalue weighted by atomic mass is 10.1. The van der Waals surface area contributed by atoms with E-state index in [0.29, 0.717) is 87.1 Å². The fourth-order valence-corrected chi connectivity index (χ4v) is 6.01. The van der Waals surface area contributed by atoms with Gasteiger partial charge >= 0.3 is 12.2 Å². The molecule has 3 amide bonds. The van der Waals surface area contributed by atoms with Crippen LogP contribution in [0.3, 0.4) is 0 Å². The van der Waals surface area contributed by atoms with Crippen LogP contribution in [0.4, 0.5) is 46.9 Å². The second-order valence-electron chi connectivity index (χ2n) is 12.3. The van der Waals surface area contributed by atoms with Gasteiger partial charge in [-0.1, -0.05) is 25.2 Å². The Morgan fingerprint density at radius 3 is 2.00 bits per heavy atom. The molecule has 56 heavy (non-hydrogen) atoms. The Morgan fingerprint density at radius 2 is 1.45 bits per heavy atom. The Morgan fingerprint density at radius 1 is 0.804 bits per heavy atom. The number of anilines is 5. The molecule has 0 radical (unpaired) electrons. The number of rotatable bonds is 11. The molecule has 18 nitrogen and oxygen atoms in total. The highest BCUT2D eigenvalue weighted by Crippen LogP contribution is 2.30. The topological polar surface area (TPSA) is 187 Å². The van der Waals surface area contributed by atoms with Crippen molar-refractivity contribution in [2.45, 2.75) is 39.9 Å². The average molecular weight is 780 g/mol. The number of hydrogen-bond donors (Lipinski definition) is 2. The van der Waals surface area contributed by atoms with Gasteiger partial charge in [-0.2, -0.15) is 10.2 Å². The summed E-state index contributed by atoms with van der Waals surface area (Å²) in [5.41, 5.74) is 5.25. The van der Waals surface area contributed by atoms with Gasteiger partial charge in [0.1, 0.15) is 49.0 Å². The first kappa shape index (κ1) is 40.5. The number of halogens is 2. The van der Waals surface area contributed by atoms with Crippen molar-refractivity contribution in [3.63, 3.8) is 0 Å². The van der Waals surface area contributed by atoms with Gasteiger partial charge in [0, 0.05) is 25.2 Å². The SMILES string of the molecule is C.C.O=C1O[C@@H](CCc2ccon2)CN1c1ccc(N2C=NNCC2)c(F)c1.O=CN1CCN(c2ccc(N3C[C@H](CNc4ccon4)OC3=O)cc2F)C=N1. The van der Waals surface area contributed by atoms with E-state index in [4.69, 9.17) is 18.5 Å². The zero-order chi connectivity index (χ0) is 37.4. The third kappa shape index (κ3) is 9.49. The Bertz CT molecular complexity index is 1980. The molecule has 4 aliphatic rings. The Kier molecular flexibility index (Phi) is 13.4. The number of carbonyl (C=O) groups is 3. The molecule has 2 aromatic heterocycles.